The Morgan fingerprint density at radius 1 is 0.493 bits per heavy atom. The van der Waals surface area contributed by atoms with Crippen molar-refractivity contribution < 1.29 is 133 Å². The van der Waals surface area contributed by atoms with Crippen molar-refractivity contribution in [3.63, 3.8) is 0 Å². The van der Waals surface area contributed by atoms with E-state index in [1.165, 1.54) is 26.3 Å². The summed E-state index contributed by atoms with van der Waals surface area (Å²) >= 11 is 0. The third-order valence-corrected chi connectivity index (χ3v) is 12.8. The second-order valence-corrected chi connectivity index (χ2v) is 18.2. The first-order valence-electron chi connectivity index (χ1n) is 23.6. The van der Waals surface area contributed by atoms with Crippen molar-refractivity contribution >= 4 is 17.8 Å². The molecular formula is C42H74N3O26+2. The Morgan fingerprint density at radius 2 is 0.958 bits per heavy atom. The van der Waals surface area contributed by atoms with Crippen LogP contribution >= 0.6 is 0 Å². The number of amides is 2. The number of carbonyl (C=O) groups excluding carboxylic acids is 3. The second kappa shape index (κ2) is 27.3. The Bertz CT molecular complexity index is 1660. The summed E-state index contributed by atoms with van der Waals surface area (Å²) in [4.78, 5) is 41.2. The Hall–Kier alpha value is -2.51. The van der Waals surface area contributed by atoms with Gasteiger partial charge in [-0.15, -0.1) is 0 Å². The van der Waals surface area contributed by atoms with E-state index < -0.39 is 191 Å². The van der Waals surface area contributed by atoms with E-state index >= 15 is 0 Å². The normalized spacial score (nSPS) is 44.2. The monoisotopic (exact) mass is 1040 g/mol. The van der Waals surface area contributed by atoms with Crippen LogP contribution in [0.25, 0.3) is 0 Å². The van der Waals surface area contributed by atoms with Crippen molar-refractivity contribution in [2.75, 3.05) is 33.0 Å². The van der Waals surface area contributed by atoms with Crippen molar-refractivity contribution in [2.24, 2.45) is 0 Å². The highest BCUT2D eigenvalue weighted by atomic mass is 16.8. The second-order valence-electron chi connectivity index (χ2n) is 18.2. The first-order valence-corrected chi connectivity index (χ1v) is 23.6. The van der Waals surface area contributed by atoms with Crippen LogP contribution in [0.2, 0.25) is 0 Å². The number of hydroxylamine groups is 1. The molecule has 5 fully saturated rings. The van der Waals surface area contributed by atoms with Crippen molar-refractivity contribution in [1.29, 1.82) is 0 Å². The topological polar surface area (TPSA) is 439 Å². The van der Waals surface area contributed by atoms with Gasteiger partial charge in [-0.3, -0.25) is 9.59 Å². The quantitative estimate of drug-likeness (QED) is 0.0272. The van der Waals surface area contributed by atoms with Crippen LogP contribution in [0.15, 0.2) is 0 Å². The highest BCUT2D eigenvalue weighted by Gasteiger charge is 2.57. The van der Waals surface area contributed by atoms with E-state index in [0.29, 0.717) is 25.8 Å². The van der Waals surface area contributed by atoms with E-state index in [1.54, 1.807) is 0 Å². The average molecular weight is 1040 g/mol. The zero-order valence-electron chi connectivity index (χ0n) is 40.0. The summed E-state index contributed by atoms with van der Waals surface area (Å²) in [5, 5.41) is 135. The van der Waals surface area contributed by atoms with Gasteiger partial charge in [-0.2, -0.15) is 0 Å². The van der Waals surface area contributed by atoms with Gasteiger partial charge in [-0.25, -0.2) is 0 Å². The van der Waals surface area contributed by atoms with Gasteiger partial charge >= 0.3 is 5.97 Å². The number of hydrogen-bond acceptors (Lipinski definition) is 26. The van der Waals surface area contributed by atoms with Crippen LogP contribution in [0.5, 0.6) is 0 Å². The van der Waals surface area contributed by atoms with Crippen molar-refractivity contribution in [3.05, 3.63) is 0 Å². The Kier molecular flexibility index (Phi) is 22.9. The molecule has 0 aromatic rings. The molecule has 5 saturated heterocycles. The third kappa shape index (κ3) is 14.9. The Balaban J connectivity index is 1.40. The maximum atomic E-state index is 12.8. The Labute approximate surface area is 408 Å². The Morgan fingerprint density at radius 3 is 1.51 bits per heavy atom. The molecule has 0 spiro atoms. The summed E-state index contributed by atoms with van der Waals surface area (Å²) in [6.45, 7) is 4.11. The van der Waals surface area contributed by atoms with Gasteiger partial charge in [-0.1, -0.05) is 16.7 Å². The number of quaternary nitrogens is 1. The van der Waals surface area contributed by atoms with E-state index in [4.69, 9.17) is 52.2 Å². The molecule has 0 bridgehead atoms. The molecule has 1 radical (unpaired) electrons. The molecule has 0 aromatic carbocycles. The molecule has 0 unspecified atom stereocenters. The lowest BCUT2D eigenvalue weighted by molar-refractivity contribution is -0.872. The number of hydrogen-bond donors (Lipinski definition) is 15. The van der Waals surface area contributed by atoms with Crippen molar-refractivity contribution in [2.45, 2.75) is 214 Å². The molecule has 0 aromatic heterocycles. The fraction of sp³-hybridized carbons (Fsp3) is 0.929. The van der Waals surface area contributed by atoms with Gasteiger partial charge in [0.05, 0.1) is 36.8 Å². The molecule has 0 aliphatic carbocycles. The van der Waals surface area contributed by atoms with Gasteiger partial charge in [0.25, 0.3) is 0 Å². The van der Waals surface area contributed by atoms with Gasteiger partial charge in [0.15, 0.2) is 31.5 Å². The summed E-state index contributed by atoms with van der Waals surface area (Å²) in [5.41, 5.74) is 1.41. The minimum Gasteiger partial charge on any atom is -0.394 e. The summed E-state index contributed by atoms with van der Waals surface area (Å²) in [6.07, 6.45) is -36.2. The lowest BCUT2D eigenvalue weighted by Crippen LogP contribution is -2.83. The number of unbranched alkanes of at least 4 members (excludes halogenated alkanes) is 3. The molecule has 29 heteroatoms. The minimum atomic E-state index is -2.12. The molecule has 0 saturated carbocycles. The largest absolute Gasteiger partial charge is 0.635 e. The van der Waals surface area contributed by atoms with Crippen LogP contribution in [0, 0.1) is 0 Å². The van der Waals surface area contributed by atoms with E-state index in [0.717, 1.165) is 20.3 Å². The van der Waals surface area contributed by atoms with E-state index in [9.17, 15) is 75.7 Å². The molecule has 29 nitrogen and oxygen atoms in total. The number of rotatable bonds is 22. The van der Waals surface area contributed by atoms with Crippen LogP contribution in [-0.2, 0) is 66.6 Å². The molecule has 5 aliphatic heterocycles. The highest BCUT2D eigenvalue weighted by Crippen LogP contribution is 2.36. The SMILES string of the molecule is CC(=O)N[C@H]1[C@H](O[C@H]2[C@@H](O)[C@@H](CO)O[C@@H](O[C@H]3[C@H](O[C@@H]4O[C@@H](C)[C@@H](O)[C@@H](O)[C@@H]4O)[C@@H](NC(C)=O)[C@H](OCCCCCC[NH2+]OC(C)=[O+])O[C@@H]3CO)[C@@H]2O)O[C@H](CO)[C@@H](O[C@@H]2O[C@@H](C)[C@@H](O)[C@@H](O)[C@@H]2O)[C@@H]1O. The summed E-state index contributed by atoms with van der Waals surface area (Å²) < 4.78 is 59.6. The van der Waals surface area contributed by atoms with Crippen LogP contribution in [0.4, 0.5) is 0 Å². The molecule has 5 rings (SSSR count). The van der Waals surface area contributed by atoms with Crippen LogP contribution < -0.4 is 16.1 Å². The zero-order chi connectivity index (χ0) is 52.4. The summed E-state index contributed by atoms with van der Waals surface area (Å²) in [5.74, 6) is -1.85. The maximum absolute atomic E-state index is 12.8. The average Bonchev–Trinajstić information content (AvgIpc) is 3.32. The number of nitrogens with two attached hydrogens (primary N) is 1. The molecule has 25 atom stereocenters. The van der Waals surface area contributed by atoms with Crippen LogP contribution in [0.1, 0.15) is 60.3 Å². The predicted molar refractivity (Wildman–Crippen MR) is 228 cm³/mol. The fourth-order valence-electron chi connectivity index (χ4n) is 8.90. The smallest absolute Gasteiger partial charge is 0.394 e. The van der Waals surface area contributed by atoms with Gasteiger partial charge in [0.2, 0.25) is 11.8 Å². The van der Waals surface area contributed by atoms with Gasteiger partial charge in [-0.05, 0) is 26.7 Å². The highest BCUT2D eigenvalue weighted by molar-refractivity contribution is 5.73. The fourth-order valence-corrected chi connectivity index (χ4v) is 8.90. The van der Waals surface area contributed by atoms with E-state index in [1.807, 2.05) is 0 Å². The molecule has 5 heterocycles. The van der Waals surface area contributed by atoms with Gasteiger partial charge in [0, 0.05) is 26.9 Å². The first kappa shape index (κ1) is 59.4. The van der Waals surface area contributed by atoms with Crippen molar-refractivity contribution in [1.82, 2.24) is 10.6 Å². The lowest BCUT2D eigenvalue weighted by Gasteiger charge is -2.51. The first-order chi connectivity index (χ1) is 33.6. The molecule has 411 valence electrons. The van der Waals surface area contributed by atoms with E-state index in [2.05, 4.69) is 10.6 Å². The molecule has 5 aliphatic rings. The maximum Gasteiger partial charge on any atom is 0.635 e. The number of ether oxygens (including phenoxy) is 10. The summed E-state index contributed by atoms with van der Waals surface area (Å²) in [7, 11) is 0. The molecule has 16 N–H and O–H groups in total. The minimum absolute atomic E-state index is 0.0407. The van der Waals surface area contributed by atoms with Crippen LogP contribution in [0.3, 0.4) is 0 Å². The molecule has 2 amide bonds. The van der Waals surface area contributed by atoms with E-state index in [-0.39, 0.29) is 6.61 Å². The number of carbonyl (C=O) groups is 3. The number of aliphatic hydroxyl groups is 12. The van der Waals surface area contributed by atoms with Gasteiger partial charge < -0.3 is 119 Å². The number of aliphatic hydroxyl groups excluding tert-OH is 12. The third-order valence-electron chi connectivity index (χ3n) is 12.8. The van der Waals surface area contributed by atoms with Crippen molar-refractivity contribution in [3.8, 4) is 0 Å². The van der Waals surface area contributed by atoms with Gasteiger partial charge in [0.1, 0.15) is 123 Å². The lowest BCUT2D eigenvalue weighted by atomic mass is 9.93. The predicted octanol–water partition coefficient (Wildman–Crippen LogP) is -8.96. The van der Waals surface area contributed by atoms with Crippen LogP contribution in [-0.4, -0.2) is 265 Å². The molecule has 71 heavy (non-hydrogen) atoms. The zero-order valence-corrected chi connectivity index (χ0v) is 40.0. The molecular weight excluding hydrogens is 962 g/mol. The standard InChI is InChI=1S/C42H73N3O26/c1-15-25(52)29(56)31(58)40(62-15)67-34-21(13-47)66-39(23(28(34)55)44-17(3)49)70-37-27(54)20(12-46)64-42(33(37)60)68-35-22(14-48)65-38(61-11-9-7-6-8-10-43-71-19(5)51)24(45-18(4)50)36(35)69-41-32(59)30(57)26(53)16(2)63-41/h15-16,20-43,46-48,52-60H,6-14H2,1-5H3,(H,44,49)(H,45,50)/q+1/p+1/t15-,16-,20+,21+,22+,23+,24+,25+,26+,27-,28+,29+,30+,31-,32-,33+,34+,35+,36+,37-,38+,39-,40-,41-,42-/m0/s1. The number of nitrogens with one attached hydrogen (secondary N) is 2. The summed E-state index contributed by atoms with van der Waals surface area (Å²) in [6, 6.07) is -3.04.